The zero-order valence-corrected chi connectivity index (χ0v) is 10.2. The molecule has 4 nitrogen and oxygen atoms in total. The monoisotopic (exact) mass is 234 g/mol. The second kappa shape index (κ2) is 6.70. The maximum atomic E-state index is 11.1. The molecule has 0 saturated heterocycles. The molecule has 2 rings (SSSR count). The minimum absolute atomic E-state index is 0.343. The largest absolute Gasteiger partial charge is 0.421 e. The van der Waals surface area contributed by atoms with E-state index >= 15 is 0 Å². The van der Waals surface area contributed by atoms with E-state index < -0.39 is 0 Å². The molecule has 0 spiro atoms. The van der Waals surface area contributed by atoms with Crippen LogP contribution in [0.3, 0.4) is 0 Å². The fourth-order valence-electron chi connectivity index (χ4n) is 1.44. The van der Waals surface area contributed by atoms with Gasteiger partial charge in [0.05, 0.1) is 5.69 Å². The van der Waals surface area contributed by atoms with Crippen molar-refractivity contribution >= 4 is 16.7 Å². The second-order valence-corrected chi connectivity index (χ2v) is 3.19. The molecule has 0 radical (unpaired) electrons. The SMILES string of the molecule is CC.NCCNc1cccc2ccc(=O)oc12. The number of para-hydroxylation sites is 1. The van der Waals surface area contributed by atoms with Crippen molar-refractivity contribution in [3.63, 3.8) is 0 Å². The Morgan fingerprint density at radius 1 is 1.24 bits per heavy atom. The lowest BCUT2D eigenvalue weighted by atomic mass is 10.2. The Morgan fingerprint density at radius 2 is 2.00 bits per heavy atom. The predicted octanol–water partition coefficient (Wildman–Crippen LogP) is 2.19. The first-order valence-electron chi connectivity index (χ1n) is 5.78. The summed E-state index contributed by atoms with van der Waals surface area (Å²) >= 11 is 0. The van der Waals surface area contributed by atoms with Gasteiger partial charge in [-0.15, -0.1) is 0 Å². The Labute approximate surface area is 100 Å². The van der Waals surface area contributed by atoms with Crippen molar-refractivity contribution < 1.29 is 4.42 Å². The van der Waals surface area contributed by atoms with E-state index in [1.807, 2.05) is 32.0 Å². The maximum absolute atomic E-state index is 11.1. The molecular formula is C13H18N2O2. The van der Waals surface area contributed by atoms with E-state index in [1.54, 1.807) is 6.07 Å². The van der Waals surface area contributed by atoms with E-state index in [2.05, 4.69) is 5.32 Å². The van der Waals surface area contributed by atoms with Crippen molar-refractivity contribution in [1.29, 1.82) is 0 Å². The second-order valence-electron chi connectivity index (χ2n) is 3.19. The fourth-order valence-corrected chi connectivity index (χ4v) is 1.44. The van der Waals surface area contributed by atoms with Crippen LogP contribution in [-0.2, 0) is 0 Å². The van der Waals surface area contributed by atoms with Gasteiger partial charge in [-0.3, -0.25) is 0 Å². The van der Waals surface area contributed by atoms with Gasteiger partial charge >= 0.3 is 5.63 Å². The molecule has 0 aliphatic carbocycles. The fraction of sp³-hybridized carbons (Fsp3) is 0.308. The van der Waals surface area contributed by atoms with Gasteiger partial charge in [0.2, 0.25) is 0 Å². The Balaban J connectivity index is 0.000000686. The quantitative estimate of drug-likeness (QED) is 0.799. The van der Waals surface area contributed by atoms with Gasteiger partial charge in [0.25, 0.3) is 0 Å². The molecule has 1 aromatic heterocycles. The van der Waals surface area contributed by atoms with Crippen LogP contribution < -0.4 is 16.7 Å². The molecule has 0 atom stereocenters. The van der Waals surface area contributed by atoms with E-state index in [4.69, 9.17) is 10.2 Å². The molecule has 4 heteroatoms. The topological polar surface area (TPSA) is 68.3 Å². The summed E-state index contributed by atoms with van der Waals surface area (Å²) in [5.41, 5.74) is 6.44. The first-order valence-corrected chi connectivity index (χ1v) is 5.78. The van der Waals surface area contributed by atoms with Gasteiger partial charge in [0.15, 0.2) is 5.58 Å². The summed E-state index contributed by atoms with van der Waals surface area (Å²) in [7, 11) is 0. The number of hydrogen-bond acceptors (Lipinski definition) is 4. The van der Waals surface area contributed by atoms with Crippen molar-refractivity contribution in [3.05, 3.63) is 40.8 Å². The van der Waals surface area contributed by atoms with Crippen LogP contribution in [0.5, 0.6) is 0 Å². The standard InChI is InChI=1S/C11H12N2O2.C2H6/c12-6-7-13-9-3-1-2-8-4-5-10(14)15-11(8)9;1-2/h1-5,13H,6-7,12H2;1-2H3. The highest BCUT2D eigenvalue weighted by Gasteiger charge is 2.02. The first kappa shape index (κ1) is 13.3. The Kier molecular flexibility index (Phi) is 5.23. The highest BCUT2D eigenvalue weighted by atomic mass is 16.4. The summed E-state index contributed by atoms with van der Waals surface area (Å²) in [6, 6.07) is 8.82. The zero-order chi connectivity index (χ0) is 12.7. The lowest BCUT2D eigenvalue weighted by molar-refractivity contribution is 0.562. The summed E-state index contributed by atoms with van der Waals surface area (Å²) in [6.45, 7) is 5.19. The van der Waals surface area contributed by atoms with Crippen molar-refractivity contribution in [1.82, 2.24) is 0 Å². The Hall–Kier alpha value is -1.81. The molecular weight excluding hydrogens is 216 g/mol. The molecule has 0 bridgehead atoms. The molecule has 3 N–H and O–H groups in total. The molecule has 0 fully saturated rings. The summed E-state index contributed by atoms with van der Waals surface area (Å²) < 4.78 is 5.13. The minimum atomic E-state index is -0.343. The third-order valence-corrected chi connectivity index (χ3v) is 2.11. The molecule has 1 heterocycles. The molecule has 0 saturated carbocycles. The van der Waals surface area contributed by atoms with Crippen molar-refractivity contribution in [3.8, 4) is 0 Å². The van der Waals surface area contributed by atoms with Gasteiger partial charge in [0.1, 0.15) is 0 Å². The smallest absolute Gasteiger partial charge is 0.336 e. The van der Waals surface area contributed by atoms with Crippen LogP contribution in [0.1, 0.15) is 13.8 Å². The van der Waals surface area contributed by atoms with Gasteiger partial charge in [-0.25, -0.2) is 4.79 Å². The average molecular weight is 234 g/mol. The predicted molar refractivity (Wildman–Crippen MR) is 71.4 cm³/mol. The van der Waals surface area contributed by atoms with Crippen LogP contribution in [0.25, 0.3) is 11.0 Å². The third-order valence-electron chi connectivity index (χ3n) is 2.11. The zero-order valence-electron chi connectivity index (χ0n) is 10.2. The van der Waals surface area contributed by atoms with E-state index in [0.717, 1.165) is 11.1 Å². The van der Waals surface area contributed by atoms with Crippen molar-refractivity contribution in [2.45, 2.75) is 13.8 Å². The molecule has 2 aromatic rings. The molecule has 0 aliphatic rings. The summed E-state index contributed by atoms with van der Waals surface area (Å²) in [6.07, 6.45) is 0. The van der Waals surface area contributed by atoms with E-state index in [0.29, 0.717) is 18.7 Å². The highest BCUT2D eigenvalue weighted by Crippen LogP contribution is 2.21. The van der Waals surface area contributed by atoms with E-state index in [9.17, 15) is 4.79 Å². The van der Waals surface area contributed by atoms with Gasteiger partial charge < -0.3 is 15.5 Å². The molecule has 0 amide bonds. The number of fused-ring (bicyclic) bond motifs is 1. The normalized spacial score (nSPS) is 9.59. The van der Waals surface area contributed by atoms with Gasteiger partial charge in [-0.2, -0.15) is 0 Å². The van der Waals surface area contributed by atoms with Crippen LogP contribution >= 0.6 is 0 Å². The minimum Gasteiger partial charge on any atom is -0.421 e. The summed E-state index contributed by atoms with van der Waals surface area (Å²) in [4.78, 5) is 11.1. The number of benzene rings is 1. The molecule has 17 heavy (non-hydrogen) atoms. The Bertz CT molecular complexity index is 520. The summed E-state index contributed by atoms with van der Waals surface area (Å²) in [5.74, 6) is 0. The third kappa shape index (κ3) is 3.32. The average Bonchev–Trinajstić information content (AvgIpc) is 2.38. The number of nitrogens with two attached hydrogens (primary N) is 1. The van der Waals surface area contributed by atoms with Crippen molar-refractivity contribution in [2.75, 3.05) is 18.4 Å². The lowest BCUT2D eigenvalue weighted by Crippen LogP contribution is -2.13. The van der Waals surface area contributed by atoms with Crippen LogP contribution in [-0.4, -0.2) is 13.1 Å². The van der Waals surface area contributed by atoms with Crippen LogP contribution in [0.4, 0.5) is 5.69 Å². The van der Waals surface area contributed by atoms with Crippen LogP contribution in [0.2, 0.25) is 0 Å². The highest BCUT2D eigenvalue weighted by molar-refractivity contribution is 5.88. The van der Waals surface area contributed by atoms with Gasteiger partial charge in [-0.1, -0.05) is 26.0 Å². The number of anilines is 1. The molecule has 92 valence electrons. The summed E-state index contributed by atoms with van der Waals surface area (Å²) in [5, 5.41) is 4.01. The van der Waals surface area contributed by atoms with Crippen LogP contribution in [0.15, 0.2) is 39.5 Å². The number of rotatable bonds is 3. The van der Waals surface area contributed by atoms with Crippen molar-refractivity contribution in [2.24, 2.45) is 5.73 Å². The molecule has 0 aliphatic heterocycles. The molecule has 1 aromatic carbocycles. The number of nitrogens with one attached hydrogen (secondary N) is 1. The van der Waals surface area contributed by atoms with E-state index in [-0.39, 0.29) is 5.63 Å². The van der Waals surface area contributed by atoms with Crippen LogP contribution in [0, 0.1) is 0 Å². The number of hydrogen-bond donors (Lipinski definition) is 2. The van der Waals surface area contributed by atoms with Gasteiger partial charge in [-0.05, 0) is 12.1 Å². The lowest BCUT2D eigenvalue weighted by Gasteiger charge is -2.06. The maximum Gasteiger partial charge on any atom is 0.336 e. The first-order chi connectivity index (χ1) is 8.31. The van der Waals surface area contributed by atoms with E-state index in [1.165, 1.54) is 6.07 Å². The van der Waals surface area contributed by atoms with Gasteiger partial charge in [0, 0.05) is 24.5 Å². The molecule has 0 unspecified atom stereocenters. The Morgan fingerprint density at radius 3 is 2.71 bits per heavy atom.